The van der Waals surface area contributed by atoms with E-state index in [4.69, 9.17) is 9.97 Å². The molecule has 4 nitrogen and oxygen atoms in total. The van der Waals surface area contributed by atoms with Gasteiger partial charge < -0.3 is 5.11 Å². The monoisotopic (exact) mass is 983 g/mol. The summed E-state index contributed by atoms with van der Waals surface area (Å²) in [6.07, 6.45) is 1.91. The van der Waals surface area contributed by atoms with Crippen molar-refractivity contribution in [3.8, 4) is 56.2 Å². The van der Waals surface area contributed by atoms with Gasteiger partial charge in [-0.3, -0.25) is 9.55 Å². The summed E-state index contributed by atoms with van der Waals surface area (Å²) < 4.78 is 2.24. The van der Waals surface area contributed by atoms with E-state index in [2.05, 4.69) is 192 Å². The van der Waals surface area contributed by atoms with Gasteiger partial charge in [0.15, 0.2) is 0 Å². The van der Waals surface area contributed by atoms with Gasteiger partial charge in [0.1, 0.15) is 11.6 Å². The molecular weight excluding hydrogens is 926 g/mol. The molecule has 6 aromatic carbocycles. The first-order valence-electron chi connectivity index (χ1n) is 21.2. The molecular formula is C56H58N3OPt-. The van der Waals surface area contributed by atoms with Gasteiger partial charge in [-0.25, -0.2) is 4.98 Å². The van der Waals surface area contributed by atoms with Gasteiger partial charge in [-0.15, -0.1) is 35.4 Å². The van der Waals surface area contributed by atoms with Crippen molar-refractivity contribution < 1.29 is 26.2 Å². The van der Waals surface area contributed by atoms with Crippen LogP contribution in [0.5, 0.6) is 5.75 Å². The van der Waals surface area contributed by atoms with Crippen molar-refractivity contribution in [1.29, 1.82) is 0 Å². The number of phenolic OH excluding ortho intramolecular Hbond substituents is 1. The molecule has 2 heterocycles. The van der Waals surface area contributed by atoms with E-state index in [0.29, 0.717) is 11.4 Å². The van der Waals surface area contributed by atoms with Crippen molar-refractivity contribution in [3.63, 3.8) is 0 Å². The van der Waals surface area contributed by atoms with Gasteiger partial charge in [0.2, 0.25) is 0 Å². The third-order valence-electron chi connectivity index (χ3n) is 12.1. The SMILES string of the molecule is Cc1cc(C)c(-c2cc(-c3[c-]c(-c4cc(C(C)(C)C)cc5c4nc(-c4cc(C(C)(C)C)ccc4O)n5-c4ccc(C(C)(C)C)cc4)ccc3)c3nccc(C)c3c2)c(C)c1.[Pt]. The Labute approximate surface area is 377 Å². The Hall–Kier alpha value is -5.31. The maximum atomic E-state index is 11.6. The van der Waals surface area contributed by atoms with Crippen LogP contribution < -0.4 is 0 Å². The number of hydrogen-bond donors (Lipinski definition) is 1. The minimum absolute atomic E-state index is 0. The summed E-state index contributed by atoms with van der Waals surface area (Å²) in [6, 6.07) is 40.9. The molecule has 314 valence electrons. The van der Waals surface area contributed by atoms with Crippen LogP contribution >= 0.6 is 0 Å². The van der Waals surface area contributed by atoms with Crippen molar-refractivity contribution >= 4 is 21.9 Å². The Kier molecular flexibility index (Phi) is 11.4. The average molecular weight is 984 g/mol. The van der Waals surface area contributed by atoms with Gasteiger partial charge in [-0.2, -0.15) is 0 Å². The van der Waals surface area contributed by atoms with Gasteiger partial charge >= 0.3 is 0 Å². The number of nitrogens with zero attached hydrogens (tertiary/aromatic N) is 3. The predicted octanol–water partition coefficient (Wildman–Crippen LogP) is 14.9. The van der Waals surface area contributed by atoms with Crippen LogP contribution in [0.15, 0.2) is 109 Å². The smallest absolute Gasteiger partial charge is 0.148 e. The van der Waals surface area contributed by atoms with E-state index in [1.165, 1.54) is 44.5 Å². The minimum atomic E-state index is -0.171. The molecule has 1 N–H and O–H groups in total. The molecule has 0 aliphatic heterocycles. The first-order valence-corrected chi connectivity index (χ1v) is 21.2. The van der Waals surface area contributed by atoms with Gasteiger partial charge in [0.05, 0.1) is 16.6 Å². The zero-order valence-corrected chi connectivity index (χ0v) is 40.3. The van der Waals surface area contributed by atoms with Gasteiger partial charge in [0, 0.05) is 38.5 Å². The molecule has 2 aromatic heterocycles. The first kappa shape index (κ1) is 43.8. The van der Waals surface area contributed by atoms with Crippen LogP contribution in [-0.4, -0.2) is 19.6 Å². The van der Waals surface area contributed by atoms with Crippen LogP contribution in [0.4, 0.5) is 0 Å². The number of aromatic hydroxyl groups is 1. The van der Waals surface area contributed by atoms with E-state index in [-0.39, 0.29) is 43.1 Å². The molecule has 0 aliphatic carbocycles. The molecule has 5 heteroatoms. The van der Waals surface area contributed by atoms with Crippen molar-refractivity contribution in [2.45, 2.75) is 106 Å². The van der Waals surface area contributed by atoms with Crippen molar-refractivity contribution in [2.24, 2.45) is 0 Å². The fourth-order valence-corrected chi connectivity index (χ4v) is 8.71. The second-order valence-corrected chi connectivity index (χ2v) is 20.0. The maximum Gasteiger partial charge on any atom is 0.148 e. The Morgan fingerprint density at radius 2 is 1.13 bits per heavy atom. The van der Waals surface area contributed by atoms with Crippen LogP contribution in [-0.2, 0) is 37.3 Å². The van der Waals surface area contributed by atoms with E-state index in [1.807, 2.05) is 18.3 Å². The van der Waals surface area contributed by atoms with E-state index in [1.54, 1.807) is 0 Å². The number of aryl methyl sites for hydroxylation is 4. The van der Waals surface area contributed by atoms with Crippen LogP contribution in [0.3, 0.4) is 0 Å². The standard InChI is InChI=1S/C56H58N3O.Pt/c1-33-25-35(3)50(36(4)26-33)39-28-44-34(2)23-24-57-51(44)45(29-39)37-15-14-16-38(27-37)46-31-42(56(11,12)13)32-48-52(46)58-53(47-30-41(55(8,9)10)19-22-49(47)60)59(48)43-20-17-40(18-21-43)54(5,6)7;/h14-26,28-32,60H,1-13H3;/q-1;. The molecule has 0 aliphatic rings. The third kappa shape index (κ3) is 8.25. The largest absolute Gasteiger partial charge is 0.507 e. The molecule has 0 fully saturated rings. The Bertz CT molecular complexity index is 2940. The topological polar surface area (TPSA) is 50.9 Å². The molecule has 0 unspecified atom stereocenters. The minimum Gasteiger partial charge on any atom is -0.507 e. The molecule has 0 amide bonds. The number of rotatable bonds is 5. The molecule has 0 bridgehead atoms. The summed E-state index contributed by atoms with van der Waals surface area (Å²) in [5, 5.41) is 12.8. The van der Waals surface area contributed by atoms with E-state index in [0.717, 1.165) is 55.4 Å². The zero-order valence-electron chi connectivity index (χ0n) is 38.0. The van der Waals surface area contributed by atoms with Crippen LogP contribution in [0.2, 0.25) is 0 Å². The third-order valence-corrected chi connectivity index (χ3v) is 12.1. The summed E-state index contributed by atoms with van der Waals surface area (Å²) in [5.74, 6) is 0.897. The fourth-order valence-electron chi connectivity index (χ4n) is 8.71. The van der Waals surface area contributed by atoms with Crippen LogP contribution in [0, 0.1) is 33.8 Å². The summed E-state index contributed by atoms with van der Waals surface area (Å²) in [6.45, 7) is 28.9. The predicted molar refractivity (Wildman–Crippen MR) is 254 cm³/mol. The normalized spacial score (nSPS) is 12.3. The Morgan fingerprint density at radius 3 is 1.74 bits per heavy atom. The average Bonchev–Trinajstić information content (AvgIpc) is 3.56. The second kappa shape index (κ2) is 15.9. The van der Waals surface area contributed by atoms with Crippen molar-refractivity contribution in [3.05, 3.63) is 154 Å². The van der Waals surface area contributed by atoms with Gasteiger partial charge in [-0.1, -0.05) is 121 Å². The van der Waals surface area contributed by atoms with Crippen molar-refractivity contribution in [1.82, 2.24) is 14.5 Å². The molecule has 0 radical (unpaired) electrons. The number of pyridine rings is 1. The van der Waals surface area contributed by atoms with E-state index >= 15 is 0 Å². The van der Waals surface area contributed by atoms with E-state index in [9.17, 15) is 5.11 Å². The Balaban J connectivity index is 0.00000561. The van der Waals surface area contributed by atoms with Gasteiger partial charge in [0.25, 0.3) is 0 Å². The van der Waals surface area contributed by atoms with Gasteiger partial charge in [-0.05, 0) is 136 Å². The molecule has 8 rings (SSSR count). The fraction of sp³-hybridized carbons (Fsp3) is 0.286. The second-order valence-electron chi connectivity index (χ2n) is 20.0. The van der Waals surface area contributed by atoms with Crippen LogP contribution in [0.1, 0.15) is 101 Å². The maximum absolute atomic E-state index is 11.6. The molecule has 0 saturated heterocycles. The number of benzene rings is 6. The van der Waals surface area contributed by atoms with Crippen LogP contribution in [0.25, 0.3) is 72.4 Å². The number of fused-ring (bicyclic) bond motifs is 2. The summed E-state index contributed by atoms with van der Waals surface area (Å²) in [5.41, 5.74) is 19.1. The summed E-state index contributed by atoms with van der Waals surface area (Å²) in [7, 11) is 0. The molecule has 0 atom stereocenters. The number of imidazole rings is 1. The zero-order chi connectivity index (χ0) is 43.1. The van der Waals surface area contributed by atoms with E-state index < -0.39 is 0 Å². The van der Waals surface area contributed by atoms with Crippen molar-refractivity contribution in [2.75, 3.05) is 0 Å². The number of phenols is 1. The number of hydrogen-bond acceptors (Lipinski definition) is 3. The first-order chi connectivity index (χ1) is 28.2. The molecule has 0 saturated carbocycles. The molecule has 0 spiro atoms. The summed E-state index contributed by atoms with van der Waals surface area (Å²) in [4.78, 5) is 10.5. The quantitative estimate of drug-likeness (QED) is 0.175. The molecule has 8 aromatic rings. The Morgan fingerprint density at radius 1 is 0.557 bits per heavy atom. The summed E-state index contributed by atoms with van der Waals surface area (Å²) >= 11 is 0. The number of aromatic nitrogens is 3. The molecule has 61 heavy (non-hydrogen) atoms.